The molecule has 0 bridgehead atoms. The summed E-state index contributed by atoms with van der Waals surface area (Å²) >= 11 is 0. The number of nitrogens with zero attached hydrogens (tertiary/aromatic N) is 2. The largest absolute Gasteiger partial charge is 0.459 e. The molecular weight excluding hydrogens is 468 g/mol. The number of amides is 2. The molecule has 196 valence electrons. The van der Waals surface area contributed by atoms with E-state index in [0.29, 0.717) is 31.1 Å². The van der Waals surface area contributed by atoms with Crippen molar-refractivity contribution in [3.05, 3.63) is 64.9 Å². The van der Waals surface area contributed by atoms with Crippen LogP contribution in [0.5, 0.6) is 0 Å². The zero-order chi connectivity index (χ0) is 25.9. The number of imide groups is 1. The number of pyridine rings is 1. The van der Waals surface area contributed by atoms with Gasteiger partial charge in [0, 0.05) is 18.7 Å². The number of carbonyl (C=O) groups excluding carboxylic acids is 2. The number of aliphatic hydroxyl groups excluding tert-OH is 1. The van der Waals surface area contributed by atoms with Gasteiger partial charge in [0.2, 0.25) is 11.8 Å². The molecule has 4 heterocycles. The summed E-state index contributed by atoms with van der Waals surface area (Å²) in [4.78, 5) is 32.5. The van der Waals surface area contributed by atoms with Gasteiger partial charge in [0.15, 0.2) is 0 Å². The number of fused-ring (bicyclic) bond motifs is 3. The van der Waals surface area contributed by atoms with Gasteiger partial charge < -0.3 is 14.3 Å². The van der Waals surface area contributed by atoms with Crippen molar-refractivity contribution in [3.63, 3.8) is 0 Å². The third-order valence-electron chi connectivity index (χ3n) is 7.92. The zero-order valence-corrected chi connectivity index (χ0v) is 21.7. The van der Waals surface area contributed by atoms with E-state index in [1.165, 1.54) is 16.0 Å². The lowest BCUT2D eigenvalue weighted by molar-refractivity contribution is -0.140. The molecule has 37 heavy (non-hydrogen) atoms. The molecule has 2 saturated heterocycles. The number of rotatable bonds is 10. The molecule has 7 heteroatoms. The first-order valence-corrected chi connectivity index (χ1v) is 13.6. The van der Waals surface area contributed by atoms with Crippen molar-refractivity contribution in [2.24, 2.45) is 17.8 Å². The molecule has 2 aliphatic heterocycles. The molecule has 4 atom stereocenters. The topological polar surface area (TPSA) is 92.9 Å². The lowest BCUT2D eigenvalue weighted by Gasteiger charge is -2.32. The molecule has 0 saturated carbocycles. The van der Waals surface area contributed by atoms with Crippen LogP contribution in [-0.4, -0.2) is 46.1 Å². The van der Waals surface area contributed by atoms with E-state index in [9.17, 15) is 14.7 Å². The van der Waals surface area contributed by atoms with Gasteiger partial charge in [-0.1, -0.05) is 31.9 Å². The normalized spacial score (nSPS) is 25.7. The van der Waals surface area contributed by atoms with Crippen LogP contribution in [0.1, 0.15) is 69.6 Å². The maximum absolute atomic E-state index is 13.3. The first-order chi connectivity index (χ1) is 18.0. The Morgan fingerprint density at radius 1 is 1.14 bits per heavy atom. The molecule has 0 spiro atoms. The van der Waals surface area contributed by atoms with E-state index in [-0.39, 0.29) is 42.3 Å². The highest BCUT2D eigenvalue weighted by Crippen LogP contribution is 2.50. The van der Waals surface area contributed by atoms with Crippen LogP contribution in [0.4, 0.5) is 0 Å². The van der Waals surface area contributed by atoms with Crippen LogP contribution in [0.3, 0.4) is 0 Å². The van der Waals surface area contributed by atoms with Crippen molar-refractivity contribution >= 4 is 23.5 Å². The first-order valence-electron chi connectivity index (χ1n) is 13.6. The molecule has 1 aliphatic carbocycles. The number of aliphatic hydroxyl groups is 1. The second kappa shape index (κ2) is 11.2. The quantitative estimate of drug-likeness (QED) is 0.361. The molecule has 2 fully saturated rings. The summed E-state index contributed by atoms with van der Waals surface area (Å²) in [6.45, 7) is 5.02. The molecule has 7 nitrogen and oxygen atoms in total. The van der Waals surface area contributed by atoms with Gasteiger partial charge in [-0.3, -0.25) is 19.5 Å². The van der Waals surface area contributed by atoms with Gasteiger partial charge in [0.1, 0.15) is 18.1 Å². The van der Waals surface area contributed by atoms with E-state index < -0.39 is 0 Å². The Morgan fingerprint density at radius 2 is 2.00 bits per heavy atom. The van der Waals surface area contributed by atoms with Crippen LogP contribution in [0, 0.1) is 17.8 Å². The highest BCUT2D eigenvalue weighted by Gasteiger charge is 2.56. The maximum Gasteiger partial charge on any atom is 0.233 e. The summed E-state index contributed by atoms with van der Waals surface area (Å²) in [5, 5.41) is 9.38. The van der Waals surface area contributed by atoms with Crippen molar-refractivity contribution < 1.29 is 23.8 Å². The van der Waals surface area contributed by atoms with Crippen molar-refractivity contribution in [1.82, 2.24) is 9.88 Å². The fourth-order valence-corrected chi connectivity index (χ4v) is 6.36. The second-order valence-electron chi connectivity index (χ2n) is 10.3. The zero-order valence-electron chi connectivity index (χ0n) is 21.7. The molecule has 0 aromatic carbocycles. The predicted octanol–water partition coefficient (Wildman–Crippen LogP) is 5.01. The summed E-state index contributed by atoms with van der Waals surface area (Å²) < 4.78 is 12.1. The second-order valence-corrected chi connectivity index (χ2v) is 10.3. The molecule has 2 amide bonds. The minimum absolute atomic E-state index is 0.00835. The smallest absolute Gasteiger partial charge is 0.233 e. The minimum Gasteiger partial charge on any atom is -0.459 e. The molecule has 1 N–H and O–H groups in total. The van der Waals surface area contributed by atoms with E-state index in [0.717, 1.165) is 43.4 Å². The number of hydrogen-bond acceptors (Lipinski definition) is 6. The summed E-state index contributed by atoms with van der Waals surface area (Å²) in [5.74, 6) is 0.661. The van der Waals surface area contributed by atoms with E-state index in [4.69, 9.17) is 9.15 Å². The highest BCUT2D eigenvalue weighted by molar-refractivity contribution is 6.06. The molecular formula is C30H36N2O5. The average molecular weight is 505 g/mol. The molecule has 0 radical (unpaired) electrons. The van der Waals surface area contributed by atoms with E-state index in [1.807, 2.05) is 37.3 Å². The molecule has 0 unspecified atom stereocenters. The lowest BCUT2D eigenvalue weighted by Crippen LogP contribution is -2.34. The van der Waals surface area contributed by atoms with Gasteiger partial charge in [0.05, 0.1) is 30.2 Å². The van der Waals surface area contributed by atoms with Crippen molar-refractivity contribution in [2.45, 2.75) is 65.1 Å². The SMILES string of the molecule is CCCC1=C2[C@@H](CC/C(=C/c3ccc(CO)o3)c3ccccn3)OC[C@@H]2[C@@H]2C(=O)N(CCC)C(=O)[C@@H]2C1. The Balaban J connectivity index is 1.41. The number of furan rings is 1. The Morgan fingerprint density at radius 3 is 2.70 bits per heavy atom. The highest BCUT2D eigenvalue weighted by atomic mass is 16.5. The van der Waals surface area contributed by atoms with E-state index in [2.05, 4.69) is 11.9 Å². The third kappa shape index (κ3) is 4.94. The van der Waals surface area contributed by atoms with Gasteiger partial charge in [-0.05, 0) is 73.6 Å². The van der Waals surface area contributed by atoms with Crippen molar-refractivity contribution in [3.8, 4) is 0 Å². The number of allylic oxidation sites excluding steroid dienone is 2. The van der Waals surface area contributed by atoms with Crippen molar-refractivity contribution in [1.29, 1.82) is 0 Å². The lowest BCUT2D eigenvalue weighted by atomic mass is 9.68. The Hall–Kier alpha value is -3.03. The third-order valence-corrected chi connectivity index (χ3v) is 7.92. The first kappa shape index (κ1) is 25.6. The number of ether oxygens (including phenoxy) is 1. The van der Waals surface area contributed by atoms with Crippen LogP contribution in [-0.2, 0) is 20.9 Å². The van der Waals surface area contributed by atoms with E-state index >= 15 is 0 Å². The summed E-state index contributed by atoms with van der Waals surface area (Å²) in [7, 11) is 0. The Labute approximate surface area is 218 Å². The summed E-state index contributed by atoms with van der Waals surface area (Å²) in [5.41, 5.74) is 4.48. The Kier molecular flexibility index (Phi) is 7.72. The van der Waals surface area contributed by atoms with Crippen LogP contribution in [0.2, 0.25) is 0 Å². The number of hydrogen-bond donors (Lipinski definition) is 1. The summed E-state index contributed by atoms with van der Waals surface area (Å²) in [6.07, 6.45) is 8.55. The van der Waals surface area contributed by atoms with Crippen LogP contribution >= 0.6 is 0 Å². The van der Waals surface area contributed by atoms with E-state index in [1.54, 1.807) is 12.3 Å². The van der Waals surface area contributed by atoms with Gasteiger partial charge in [0.25, 0.3) is 0 Å². The minimum atomic E-state index is -0.287. The van der Waals surface area contributed by atoms with Crippen LogP contribution in [0.15, 0.2) is 52.1 Å². The molecule has 5 rings (SSSR count). The predicted molar refractivity (Wildman–Crippen MR) is 140 cm³/mol. The number of carbonyl (C=O) groups is 2. The number of aromatic nitrogens is 1. The monoisotopic (exact) mass is 504 g/mol. The molecule has 3 aliphatic rings. The summed E-state index contributed by atoms with van der Waals surface area (Å²) in [6, 6.07) is 9.47. The number of likely N-dealkylation sites (tertiary alicyclic amines) is 1. The average Bonchev–Trinajstić information content (AvgIpc) is 3.61. The van der Waals surface area contributed by atoms with Crippen LogP contribution in [0.25, 0.3) is 11.6 Å². The van der Waals surface area contributed by atoms with Crippen molar-refractivity contribution in [2.75, 3.05) is 13.2 Å². The standard InChI is InChI=1S/C30H36N2O5/c1-3-7-20-16-23-28(30(35)32(14-4-2)29(23)34)24-18-36-26(27(20)24)12-9-19(25-8-5-6-13-31-25)15-21-10-11-22(17-33)37-21/h5-6,8,10-11,13,15,23-24,26,28,33H,3-4,7,9,12,14,16-18H2,1-2H3/b19-15-/t23-,24+,26-,28-/m1/s1. The van der Waals surface area contributed by atoms with Gasteiger partial charge in [-0.25, -0.2) is 0 Å². The maximum atomic E-state index is 13.3. The van der Waals surface area contributed by atoms with Gasteiger partial charge in [-0.15, -0.1) is 0 Å². The fraction of sp³-hybridized carbons (Fsp3) is 0.500. The van der Waals surface area contributed by atoms with Gasteiger partial charge in [-0.2, -0.15) is 0 Å². The molecule has 2 aromatic heterocycles. The van der Waals surface area contributed by atoms with Gasteiger partial charge >= 0.3 is 0 Å². The fourth-order valence-electron chi connectivity index (χ4n) is 6.36. The molecule has 2 aromatic rings. The van der Waals surface area contributed by atoms with Crippen LogP contribution < -0.4 is 0 Å². The Bertz CT molecular complexity index is 1200.